The van der Waals surface area contributed by atoms with Gasteiger partial charge in [-0.05, 0) is 56.2 Å². The number of carbonyl (C=O) groups excluding carboxylic acids is 2. The summed E-state index contributed by atoms with van der Waals surface area (Å²) in [5.41, 5.74) is 7.16. The third-order valence-corrected chi connectivity index (χ3v) is 6.96. The smallest absolute Gasteiger partial charge is 0.283 e. The molecule has 2 aromatic heterocycles. The SMILES string of the molecule is CC1=NN(C(=O)Cn2c3ccccc3c3nc4cc(Cl)ccc4nc32)C(=O)C1=C(C)c1ccc(C)cc1. The summed E-state index contributed by atoms with van der Waals surface area (Å²) in [5, 5.41) is 6.75. The standard InChI is InChI=1S/C29H22ClN5O2/c1-16-8-10-19(11-9-16)17(2)26-18(3)33-35(29(26)37)25(36)15-34-24-7-5-4-6-21(24)27-28(34)32-22-13-12-20(30)14-23(22)31-27/h4-14H,15H2,1-3H3. The van der Waals surface area contributed by atoms with Crippen molar-refractivity contribution >= 4 is 67.8 Å². The zero-order valence-corrected chi connectivity index (χ0v) is 21.2. The number of hydrogen-bond donors (Lipinski definition) is 0. The molecule has 6 rings (SSSR count). The Morgan fingerprint density at radius 2 is 1.70 bits per heavy atom. The van der Waals surface area contributed by atoms with E-state index in [1.165, 1.54) is 0 Å². The molecule has 0 fully saturated rings. The molecule has 0 atom stereocenters. The highest BCUT2D eigenvalue weighted by molar-refractivity contribution is 6.31. The molecule has 8 heteroatoms. The number of halogens is 1. The molecule has 0 N–H and O–H groups in total. The van der Waals surface area contributed by atoms with Crippen LogP contribution in [-0.4, -0.2) is 37.1 Å². The second-order valence-corrected chi connectivity index (χ2v) is 9.63. The summed E-state index contributed by atoms with van der Waals surface area (Å²) in [6.45, 7) is 5.53. The first-order chi connectivity index (χ1) is 17.8. The predicted octanol–water partition coefficient (Wildman–Crippen LogP) is 5.92. The van der Waals surface area contributed by atoms with E-state index in [1.807, 2.05) is 62.4 Å². The van der Waals surface area contributed by atoms with Gasteiger partial charge in [0.1, 0.15) is 12.1 Å². The maximum absolute atomic E-state index is 13.5. The van der Waals surface area contributed by atoms with Crippen molar-refractivity contribution in [2.75, 3.05) is 0 Å². The van der Waals surface area contributed by atoms with Crippen LogP contribution < -0.4 is 0 Å². The predicted molar refractivity (Wildman–Crippen MR) is 146 cm³/mol. The molecular formula is C29H22ClN5O2. The van der Waals surface area contributed by atoms with E-state index in [1.54, 1.807) is 29.7 Å². The van der Waals surface area contributed by atoms with Crippen LogP contribution in [0, 0.1) is 6.92 Å². The summed E-state index contributed by atoms with van der Waals surface area (Å²) in [6, 6.07) is 20.9. The van der Waals surface area contributed by atoms with E-state index < -0.39 is 11.8 Å². The number of hydrogen-bond acceptors (Lipinski definition) is 5. The fourth-order valence-electron chi connectivity index (χ4n) is 4.83. The largest absolute Gasteiger partial charge is 0.314 e. The first-order valence-electron chi connectivity index (χ1n) is 11.9. The number of fused-ring (bicyclic) bond motifs is 4. The zero-order valence-electron chi connectivity index (χ0n) is 20.5. The van der Waals surface area contributed by atoms with Gasteiger partial charge in [0.2, 0.25) is 0 Å². The molecular weight excluding hydrogens is 486 g/mol. The average Bonchev–Trinajstić information content (AvgIpc) is 3.35. The lowest BCUT2D eigenvalue weighted by Gasteiger charge is -2.13. The van der Waals surface area contributed by atoms with E-state index in [-0.39, 0.29) is 6.54 Å². The molecule has 0 bridgehead atoms. The van der Waals surface area contributed by atoms with Crippen molar-refractivity contribution in [2.24, 2.45) is 5.10 Å². The lowest BCUT2D eigenvalue weighted by molar-refractivity contribution is -0.141. The number of para-hydroxylation sites is 1. The molecule has 0 saturated heterocycles. The van der Waals surface area contributed by atoms with Gasteiger partial charge in [0, 0.05) is 10.4 Å². The molecule has 0 saturated carbocycles. The van der Waals surface area contributed by atoms with Gasteiger partial charge in [-0.1, -0.05) is 59.6 Å². The van der Waals surface area contributed by atoms with Crippen LogP contribution in [0.15, 0.2) is 77.4 Å². The molecule has 1 aliphatic heterocycles. The minimum absolute atomic E-state index is 0.114. The molecule has 7 nitrogen and oxygen atoms in total. The number of aromatic nitrogens is 3. The van der Waals surface area contributed by atoms with Gasteiger partial charge in [-0.3, -0.25) is 9.59 Å². The van der Waals surface area contributed by atoms with Crippen LogP contribution in [-0.2, 0) is 16.1 Å². The molecule has 1 aliphatic rings. The summed E-state index contributed by atoms with van der Waals surface area (Å²) in [4.78, 5) is 36.5. The Bertz CT molecular complexity index is 1830. The van der Waals surface area contributed by atoms with Crippen molar-refractivity contribution in [1.82, 2.24) is 19.5 Å². The summed E-state index contributed by atoms with van der Waals surface area (Å²) in [6.07, 6.45) is 0. The third-order valence-electron chi connectivity index (χ3n) is 6.72. The second kappa shape index (κ2) is 8.64. The Balaban J connectivity index is 1.41. The third kappa shape index (κ3) is 3.79. The molecule has 5 aromatic rings. The van der Waals surface area contributed by atoms with Crippen molar-refractivity contribution in [3.63, 3.8) is 0 Å². The fourth-order valence-corrected chi connectivity index (χ4v) is 4.99. The Labute approximate surface area is 217 Å². The maximum atomic E-state index is 13.5. The number of benzene rings is 3. The van der Waals surface area contributed by atoms with Crippen LogP contribution in [0.5, 0.6) is 0 Å². The van der Waals surface area contributed by atoms with E-state index in [9.17, 15) is 9.59 Å². The van der Waals surface area contributed by atoms with Gasteiger partial charge in [0.25, 0.3) is 11.8 Å². The van der Waals surface area contributed by atoms with Crippen molar-refractivity contribution in [3.05, 3.63) is 88.5 Å². The van der Waals surface area contributed by atoms with E-state index in [0.29, 0.717) is 38.5 Å². The number of nitrogens with zero attached hydrogens (tertiary/aromatic N) is 5. The highest BCUT2D eigenvalue weighted by Crippen LogP contribution is 2.30. The molecule has 0 aliphatic carbocycles. The highest BCUT2D eigenvalue weighted by Gasteiger charge is 2.34. The van der Waals surface area contributed by atoms with Crippen LogP contribution in [0.2, 0.25) is 5.02 Å². The molecule has 37 heavy (non-hydrogen) atoms. The van der Waals surface area contributed by atoms with Crippen LogP contribution in [0.25, 0.3) is 38.7 Å². The minimum Gasteiger partial charge on any atom is -0.314 e. The molecule has 3 aromatic carbocycles. The first kappa shape index (κ1) is 23.1. The molecule has 0 radical (unpaired) electrons. The van der Waals surface area contributed by atoms with Gasteiger partial charge in [-0.15, -0.1) is 0 Å². The van der Waals surface area contributed by atoms with Crippen molar-refractivity contribution in [3.8, 4) is 0 Å². The maximum Gasteiger partial charge on any atom is 0.283 e. The summed E-state index contributed by atoms with van der Waals surface area (Å²) < 4.78 is 1.79. The Morgan fingerprint density at radius 1 is 0.946 bits per heavy atom. The monoisotopic (exact) mass is 507 g/mol. The van der Waals surface area contributed by atoms with Gasteiger partial charge < -0.3 is 4.57 Å². The van der Waals surface area contributed by atoms with Crippen LogP contribution in [0.4, 0.5) is 0 Å². The van der Waals surface area contributed by atoms with E-state index in [4.69, 9.17) is 21.6 Å². The van der Waals surface area contributed by atoms with Crippen LogP contribution >= 0.6 is 11.6 Å². The van der Waals surface area contributed by atoms with Crippen molar-refractivity contribution in [2.45, 2.75) is 27.3 Å². The fraction of sp³-hybridized carbons (Fsp3) is 0.138. The van der Waals surface area contributed by atoms with Gasteiger partial charge >= 0.3 is 0 Å². The normalized spacial score (nSPS) is 15.2. The quantitative estimate of drug-likeness (QED) is 0.284. The molecule has 0 unspecified atom stereocenters. The van der Waals surface area contributed by atoms with Crippen LogP contribution in [0.1, 0.15) is 25.0 Å². The summed E-state index contributed by atoms with van der Waals surface area (Å²) in [5.74, 6) is -0.871. The van der Waals surface area contributed by atoms with Crippen molar-refractivity contribution < 1.29 is 9.59 Å². The Hall–Kier alpha value is -4.36. The highest BCUT2D eigenvalue weighted by atomic mass is 35.5. The van der Waals surface area contributed by atoms with E-state index in [2.05, 4.69) is 5.10 Å². The zero-order chi connectivity index (χ0) is 25.8. The summed E-state index contributed by atoms with van der Waals surface area (Å²) in [7, 11) is 0. The molecule has 3 heterocycles. The second-order valence-electron chi connectivity index (χ2n) is 9.19. The van der Waals surface area contributed by atoms with E-state index >= 15 is 0 Å². The Kier molecular flexibility index (Phi) is 5.38. The number of hydrazone groups is 1. The van der Waals surface area contributed by atoms with Crippen molar-refractivity contribution in [1.29, 1.82) is 0 Å². The van der Waals surface area contributed by atoms with Gasteiger partial charge in [0.05, 0.1) is 27.8 Å². The van der Waals surface area contributed by atoms with E-state index in [0.717, 1.165) is 32.6 Å². The van der Waals surface area contributed by atoms with Crippen LogP contribution in [0.3, 0.4) is 0 Å². The minimum atomic E-state index is -0.447. The average molecular weight is 508 g/mol. The lowest BCUT2D eigenvalue weighted by Crippen LogP contribution is -2.32. The number of amides is 2. The molecule has 0 spiro atoms. The van der Waals surface area contributed by atoms with Gasteiger partial charge in [-0.25, -0.2) is 9.97 Å². The number of aryl methyl sites for hydroxylation is 1. The number of allylic oxidation sites excluding steroid dienone is 1. The molecule has 2 amide bonds. The number of rotatable bonds is 3. The first-order valence-corrected chi connectivity index (χ1v) is 12.2. The van der Waals surface area contributed by atoms with Gasteiger partial charge in [-0.2, -0.15) is 10.1 Å². The lowest BCUT2D eigenvalue weighted by atomic mass is 9.98. The van der Waals surface area contributed by atoms with Gasteiger partial charge in [0.15, 0.2) is 5.65 Å². The number of imide groups is 1. The topological polar surface area (TPSA) is 80.5 Å². The summed E-state index contributed by atoms with van der Waals surface area (Å²) >= 11 is 6.17. The number of carbonyl (C=O) groups is 2. The Morgan fingerprint density at radius 3 is 2.49 bits per heavy atom. The molecule has 182 valence electrons.